The number of ether oxygens (including phenoxy) is 1. The largest absolute Gasteiger partial charge is 0.378 e. The fraction of sp³-hybridized carbons (Fsp3) is 0.917. The summed E-state index contributed by atoms with van der Waals surface area (Å²) in [6.07, 6.45) is 0.583. The van der Waals surface area contributed by atoms with E-state index in [-0.39, 0.29) is 11.9 Å². The van der Waals surface area contributed by atoms with Crippen molar-refractivity contribution in [3.8, 4) is 0 Å². The summed E-state index contributed by atoms with van der Waals surface area (Å²) in [5.41, 5.74) is 0. The number of nitrogens with one attached hydrogen (secondary N) is 1. The zero-order valence-corrected chi connectivity index (χ0v) is 10.2. The molecule has 0 saturated carbocycles. The molecule has 0 bridgehead atoms. The third kappa shape index (κ3) is 2.74. The molecule has 3 unspecified atom stereocenters. The van der Waals surface area contributed by atoms with E-state index in [9.17, 15) is 4.79 Å². The topological polar surface area (TPSA) is 41.6 Å². The molecule has 4 heteroatoms. The van der Waals surface area contributed by atoms with Gasteiger partial charge in [-0.05, 0) is 11.8 Å². The summed E-state index contributed by atoms with van der Waals surface area (Å²) in [6.45, 7) is 8.60. The van der Waals surface area contributed by atoms with Crippen LogP contribution < -0.4 is 5.32 Å². The van der Waals surface area contributed by atoms with E-state index in [1.807, 2.05) is 4.90 Å². The highest BCUT2D eigenvalue weighted by atomic mass is 16.5. The van der Waals surface area contributed by atoms with Gasteiger partial charge in [0.2, 0.25) is 5.91 Å². The van der Waals surface area contributed by atoms with Gasteiger partial charge in [0.1, 0.15) is 0 Å². The number of hydrogen-bond donors (Lipinski definition) is 1. The van der Waals surface area contributed by atoms with Gasteiger partial charge in [-0.1, -0.05) is 13.8 Å². The summed E-state index contributed by atoms with van der Waals surface area (Å²) in [7, 11) is 0. The van der Waals surface area contributed by atoms with Crippen molar-refractivity contribution in [2.24, 2.45) is 11.8 Å². The van der Waals surface area contributed by atoms with E-state index in [0.717, 1.165) is 26.2 Å². The molecule has 1 N–H and O–H groups in total. The molecular formula is C12H22N2O2. The van der Waals surface area contributed by atoms with Gasteiger partial charge < -0.3 is 15.0 Å². The minimum absolute atomic E-state index is 0.215. The predicted octanol–water partition coefficient (Wildman–Crippen LogP) is 0.479. The SMILES string of the molecule is CC1CN(C(=O)CC2COCCN2)CC1C. The van der Waals surface area contributed by atoms with Crippen LogP contribution in [0.3, 0.4) is 0 Å². The predicted molar refractivity (Wildman–Crippen MR) is 62.1 cm³/mol. The van der Waals surface area contributed by atoms with Gasteiger partial charge in [0.05, 0.1) is 13.2 Å². The summed E-state index contributed by atoms with van der Waals surface area (Å²) >= 11 is 0. The molecule has 2 rings (SSSR count). The normalized spacial score (nSPS) is 35.4. The Labute approximate surface area is 97.3 Å². The van der Waals surface area contributed by atoms with Crippen LogP contribution in [0.2, 0.25) is 0 Å². The lowest BCUT2D eigenvalue weighted by Crippen LogP contribution is -2.44. The molecule has 0 spiro atoms. The van der Waals surface area contributed by atoms with Gasteiger partial charge in [-0.2, -0.15) is 0 Å². The molecule has 0 aromatic rings. The standard InChI is InChI=1S/C12H22N2O2/c1-9-6-14(7-10(9)2)12(15)5-11-8-16-4-3-13-11/h9-11,13H,3-8H2,1-2H3. The minimum Gasteiger partial charge on any atom is -0.378 e. The Morgan fingerprint density at radius 3 is 2.62 bits per heavy atom. The van der Waals surface area contributed by atoms with Crippen molar-refractivity contribution in [2.75, 3.05) is 32.8 Å². The molecule has 92 valence electrons. The molecule has 0 aliphatic carbocycles. The number of amides is 1. The van der Waals surface area contributed by atoms with Crippen LogP contribution in [0.1, 0.15) is 20.3 Å². The second-order valence-corrected chi connectivity index (χ2v) is 5.18. The van der Waals surface area contributed by atoms with Crippen molar-refractivity contribution < 1.29 is 9.53 Å². The number of hydrogen-bond acceptors (Lipinski definition) is 3. The summed E-state index contributed by atoms with van der Waals surface area (Å²) in [5.74, 6) is 1.55. The molecule has 3 atom stereocenters. The van der Waals surface area contributed by atoms with Crippen molar-refractivity contribution in [1.29, 1.82) is 0 Å². The van der Waals surface area contributed by atoms with Crippen LogP contribution in [0, 0.1) is 11.8 Å². The number of carbonyl (C=O) groups excluding carboxylic acids is 1. The average Bonchev–Trinajstić information content (AvgIpc) is 2.61. The Bertz CT molecular complexity index is 241. The summed E-state index contributed by atoms with van der Waals surface area (Å²) in [6, 6.07) is 0.215. The van der Waals surface area contributed by atoms with Gasteiger partial charge in [0.15, 0.2) is 0 Å². The Hall–Kier alpha value is -0.610. The summed E-state index contributed by atoms with van der Waals surface area (Å²) in [5, 5.41) is 3.32. The number of likely N-dealkylation sites (tertiary alicyclic amines) is 1. The average molecular weight is 226 g/mol. The minimum atomic E-state index is 0.215. The van der Waals surface area contributed by atoms with Crippen LogP contribution in [0.4, 0.5) is 0 Å². The maximum absolute atomic E-state index is 12.0. The molecule has 2 heterocycles. The number of nitrogens with zero attached hydrogens (tertiary/aromatic N) is 1. The van der Waals surface area contributed by atoms with E-state index in [0.29, 0.717) is 24.9 Å². The van der Waals surface area contributed by atoms with E-state index in [2.05, 4.69) is 19.2 Å². The lowest BCUT2D eigenvalue weighted by Gasteiger charge is -2.25. The van der Waals surface area contributed by atoms with Crippen molar-refractivity contribution in [2.45, 2.75) is 26.3 Å². The monoisotopic (exact) mass is 226 g/mol. The summed E-state index contributed by atoms with van der Waals surface area (Å²) in [4.78, 5) is 14.0. The zero-order valence-electron chi connectivity index (χ0n) is 10.2. The Morgan fingerprint density at radius 2 is 2.06 bits per heavy atom. The molecule has 2 aliphatic rings. The first kappa shape index (κ1) is 11.9. The molecule has 0 radical (unpaired) electrons. The Balaban J connectivity index is 1.79. The van der Waals surface area contributed by atoms with Gasteiger partial charge in [-0.15, -0.1) is 0 Å². The highest BCUT2D eigenvalue weighted by Crippen LogP contribution is 2.22. The smallest absolute Gasteiger partial charge is 0.224 e. The van der Waals surface area contributed by atoms with E-state index in [1.54, 1.807) is 0 Å². The molecule has 2 fully saturated rings. The van der Waals surface area contributed by atoms with Gasteiger partial charge in [0.25, 0.3) is 0 Å². The van der Waals surface area contributed by atoms with E-state index in [4.69, 9.17) is 4.74 Å². The van der Waals surface area contributed by atoms with Gasteiger partial charge in [-0.25, -0.2) is 0 Å². The quantitative estimate of drug-likeness (QED) is 0.744. The maximum Gasteiger partial charge on any atom is 0.224 e. The van der Waals surface area contributed by atoms with Crippen molar-refractivity contribution >= 4 is 5.91 Å². The lowest BCUT2D eigenvalue weighted by atomic mass is 10.0. The van der Waals surface area contributed by atoms with Crippen LogP contribution in [0.5, 0.6) is 0 Å². The van der Waals surface area contributed by atoms with Gasteiger partial charge >= 0.3 is 0 Å². The van der Waals surface area contributed by atoms with Crippen LogP contribution in [0.25, 0.3) is 0 Å². The van der Waals surface area contributed by atoms with Crippen molar-refractivity contribution in [3.05, 3.63) is 0 Å². The Kier molecular flexibility index (Phi) is 3.82. The zero-order chi connectivity index (χ0) is 11.5. The highest BCUT2D eigenvalue weighted by molar-refractivity contribution is 5.77. The fourth-order valence-electron chi connectivity index (χ4n) is 2.42. The highest BCUT2D eigenvalue weighted by Gasteiger charge is 2.30. The number of morpholine rings is 1. The van der Waals surface area contributed by atoms with E-state index >= 15 is 0 Å². The molecular weight excluding hydrogens is 204 g/mol. The fourth-order valence-corrected chi connectivity index (χ4v) is 2.42. The third-order valence-corrected chi connectivity index (χ3v) is 3.76. The van der Waals surface area contributed by atoms with Crippen LogP contribution >= 0.6 is 0 Å². The molecule has 0 aromatic carbocycles. The second kappa shape index (κ2) is 5.15. The molecule has 0 aromatic heterocycles. The second-order valence-electron chi connectivity index (χ2n) is 5.18. The Morgan fingerprint density at radius 1 is 1.38 bits per heavy atom. The maximum atomic E-state index is 12.0. The first-order chi connectivity index (χ1) is 7.66. The van der Waals surface area contributed by atoms with Crippen molar-refractivity contribution in [1.82, 2.24) is 10.2 Å². The number of rotatable bonds is 2. The first-order valence-electron chi connectivity index (χ1n) is 6.25. The molecule has 16 heavy (non-hydrogen) atoms. The van der Waals surface area contributed by atoms with E-state index in [1.165, 1.54) is 0 Å². The number of carbonyl (C=O) groups is 1. The third-order valence-electron chi connectivity index (χ3n) is 3.76. The van der Waals surface area contributed by atoms with Crippen molar-refractivity contribution in [3.63, 3.8) is 0 Å². The van der Waals surface area contributed by atoms with Gasteiger partial charge in [-0.3, -0.25) is 4.79 Å². The molecule has 1 amide bonds. The van der Waals surface area contributed by atoms with Gasteiger partial charge in [0, 0.05) is 32.1 Å². The summed E-state index contributed by atoms with van der Waals surface area (Å²) < 4.78 is 5.35. The van der Waals surface area contributed by atoms with E-state index < -0.39 is 0 Å². The first-order valence-corrected chi connectivity index (χ1v) is 6.25. The van der Waals surface area contributed by atoms with Crippen LogP contribution in [-0.2, 0) is 9.53 Å². The van der Waals surface area contributed by atoms with Crippen LogP contribution in [0.15, 0.2) is 0 Å². The molecule has 2 aliphatic heterocycles. The van der Waals surface area contributed by atoms with Crippen LogP contribution in [-0.4, -0.2) is 49.7 Å². The molecule has 4 nitrogen and oxygen atoms in total. The molecule has 2 saturated heterocycles. The lowest BCUT2D eigenvalue weighted by molar-refractivity contribution is -0.131.